The molecule has 1 aliphatic heterocycles. The molecule has 0 bridgehead atoms. The molecule has 4 heteroatoms. The van der Waals surface area contributed by atoms with Gasteiger partial charge in [0.25, 0.3) is 0 Å². The lowest BCUT2D eigenvalue weighted by atomic mass is 9.88. The number of hydrogen-bond donors (Lipinski definition) is 0. The average Bonchev–Trinajstić information content (AvgIpc) is 2.63. The molecule has 2 aromatic rings. The topological polar surface area (TPSA) is 34.6 Å². The maximum absolute atomic E-state index is 5.76. The van der Waals surface area contributed by atoms with E-state index in [0.29, 0.717) is 12.0 Å². The zero-order chi connectivity index (χ0) is 16.8. The van der Waals surface area contributed by atoms with Gasteiger partial charge in [0.1, 0.15) is 5.75 Å². The van der Waals surface area contributed by atoms with Crippen molar-refractivity contribution < 1.29 is 9.47 Å². The van der Waals surface area contributed by atoms with Crippen LogP contribution in [0.4, 0.5) is 0 Å². The Morgan fingerprint density at radius 2 is 1.96 bits per heavy atom. The highest BCUT2D eigenvalue weighted by Gasteiger charge is 2.29. The highest BCUT2D eigenvalue weighted by atomic mass is 16.5. The minimum atomic E-state index is 0.331. The molecule has 3 rings (SSSR count). The van der Waals surface area contributed by atoms with Gasteiger partial charge in [-0.2, -0.15) is 0 Å². The van der Waals surface area contributed by atoms with Crippen molar-refractivity contribution in [1.29, 1.82) is 0 Å². The summed E-state index contributed by atoms with van der Waals surface area (Å²) < 4.78 is 11.0. The Labute approximate surface area is 144 Å². The summed E-state index contributed by atoms with van der Waals surface area (Å²) in [6.07, 6.45) is 6.23. The fourth-order valence-corrected chi connectivity index (χ4v) is 3.55. The minimum Gasteiger partial charge on any atom is -0.497 e. The number of ether oxygens (including phenoxy) is 2. The molecule has 0 radical (unpaired) electrons. The Hall–Kier alpha value is -1.91. The van der Waals surface area contributed by atoms with Crippen LogP contribution in [0.15, 0.2) is 48.8 Å². The molecule has 1 aromatic heterocycles. The first-order valence-corrected chi connectivity index (χ1v) is 8.55. The van der Waals surface area contributed by atoms with Crippen molar-refractivity contribution >= 4 is 0 Å². The van der Waals surface area contributed by atoms with Crippen molar-refractivity contribution in [2.24, 2.45) is 5.92 Å². The summed E-state index contributed by atoms with van der Waals surface area (Å²) in [6.45, 7) is 3.09. The van der Waals surface area contributed by atoms with Gasteiger partial charge >= 0.3 is 0 Å². The van der Waals surface area contributed by atoms with Gasteiger partial charge in [0.2, 0.25) is 0 Å². The third-order valence-corrected chi connectivity index (χ3v) is 4.84. The van der Waals surface area contributed by atoms with E-state index in [0.717, 1.165) is 38.2 Å². The van der Waals surface area contributed by atoms with Crippen LogP contribution in [0.1, 0.15) is 17.5 Å². The predicted octanol–water partition coefficient (Wildman–Crippen LogP) is 3.17. The van der Waals surface area contributed by atoms with Gasteiger partial charge in [-0.3, -0.25) is 9.88 Å². The number of pyridine rings is 1. The molecule has 0 amide bonds. The lowest BCUT2D eigenvalue weighted by molar-refractivity contribution is -0.00850. The van der Waals surface area contributed by atoms with E-state index in [1.807, 2.05) is 37.7 Å². The largest absolute Gasteiger partial charge is 0.497 e. The fraction of sp³-hybridized carbons (Fsp3) is 0.450. The summed E-state index contributed by atoms with van der Waals surface area (Å²) in [5.74, 6) is 1.41. The van der Waals surface area contributed by atoms with Crippen LogP contribution in [-0.2, 0) is 17.7 Å². The number of methoxy groups -OCH3 is 2. The Bertz CT molecular complexity index is 615. The van der Waals surface area contributed by atoms with Crippen LogP contribution in [0.3, 0.4) is 0 Å². The van der Waals surface area contributed by atoms with Crippen molar-refractivity contribution in [3.05, 3.63) is 59.9 Å². The van der Waals surface area contributed by atoms with Crippen molar-refractivity contribution in [3.63, 3.8) is 0 Å². The van der Waals surface area contributed by atoms with Crippen LogP contribution >= 0.6 is 0 Å². The average molecular weight is 326 g/mol. The molecule has 0 aliphatic carbocycles. The van der Waals surface area contributed by atoms with E-state index in [2.05, 4.69) is 28.1 Å². The van der Waals surface area contributed by atoms with Crippen LogP contribution in [0.2, 0.25) is 0 Å². The van der Waals surface area contributed by atoms with E-state index >= 15 is 0 Å². The van der Waals surface area contributed by atoms with Crippen molar-refractivity contribution in [2.75, 3.05) is 27.3 Å². The second-order valence-corrected chi connectivity index (χ2v) is 6.47. The van der Waals surface area contributed by atoms with Gasteiger partial charge in [-0.25, -0.2) is 0 Å². The predicted molar refractivity (Wildman–Crippen MR) is 95.1 cm³/mol. The monoisotopic (exact) mass is 326 g/mol. The van der Waals surface area contributed by atoms with Crippen molar-refractivity contribution in [3.8, 4) is 5.75 Å². The Morgan fingerprint density at radius 3 is 2.62 bits per heavy atom. The van der Waals surface area contributed by atoms with Crippen LogP contribution in [-0.4, -0.2) is 43.3 Å². The number of rotatable bonds is 6. The van der Waals surface area contributed by atoms with Crippen molar-refractivity contribution in [1.82, 2.24) is 9.88 Å². The minimum absolute atomic E-state index is 0.331. The number of likely N-dealkylation sites (tertiary alicyclic amines) is 1. The van der Waals surface area contributed by atoms with E-state index in [1.165, 1.54) is 11.1 Å². The zero-order valence-corrected chi connectivity index (χ0v) is 14.5. The first kappa shape index (κ1) is 16.9. The maximum atomic E-state index is 5.76. The lowest BCUT2D eigenvalue weighted by Gasteiger charge is -2.38. The summed E-state index contributed by atoms with van der Waals surface area (Å²) in [5, 5.41) is 0. The second kappa shape index (κ2) is 8.27. The van der Waals surface area contributed by atoms with E-state index in [-0.39, 0.29) is 0 Å². The van der Waals surface area contributed by atoms with Crippen molar-refractivity contribution in [2.45, 2.75) is 25.5 Å². The maximum Gasteiger partial charge on any atom is 0.118 e. The van der Waals surface area contributed by atoms with Gasteiger partial charge < -0.3 is 9.47 Å². The molecule has 128 valence electrons. The summed E-state index contributed by atoms with van der Waals surface area (Å²) in [5.41, 5.74) is 2.61. The number of nitrogens with zero attached hydrogens (tertiary/aromatic N) is 2. The number of aromatic nitrogens is 1. The van der Waals surface area contributed by atoms with Crippen LogP contribution in [0.5, 0.6) is 5.75 Å². The number of benzene rings is 1. The third kappa shape index (κ3) is 4.34. The molecule has 0 spiro atoms. The fourth-order valence-electron chi connectivity index (χ4n) is 3.55. The molecule has 1 aromatic carbocycles. The molecule has 1 aliphatic rings. The molecule has 2 atom stereocenters. The van der Waals surface area contributed by atoms with Gasteiger partial charge in [0.15, 0.2) is 0 Å². The molecule has 1 fully saturated rings. The van der Waals surface area contributed by atoms with E-state index in [9.17, 15) is 0 Å². The summed E-state index contributed by atoms with van der Waals surface area (Å²) in [6, 6.07) is 12.5. The molecule has 1 saturated heterocycles. The Kier molecular flexibility index (Phi) is 5.83. The smallest absolute Gasteiger partial charge is 0.118 e. The molecular weight excluding hydrogens is 300 g/mol. The highest BCUT2D eigenvalue weighted by Crippen LogP contribution is 2.25. The number of piperidine rings is 1. The summed E-state index contributed by atoms with van der Waals surface area (Å²) in [7, 11) is 3.54. The quantitative estimate of drug-likeness (QED) is 0.817. The van der Waals surface area contributed by atoms with E-state index < -0.39 is 0 Å². The second-order valence-electron chi connectivity index (χ2n) is 6.47. The summed E-state index contributed by atoms with van der Waals surface area (Å²) in [4.78, 5) is 6.74. The number of hydrogen-bond acceptors (Lipinski definition) is 4. The standard InChI is InChI=1S/C20H26N2O2/c1-23-19-7-5-16(6-8-19)12-18-15-22(11-9-20(18)24-2)14-17-4-3-10-21-13-17/h3-8,10,13,18,20H,9,11-12,14-15H2,1-2H3/t18-,20+/m1/s1. The highest BCUT2D eigenvalue weighted by molar-refractivity contribution is 5.27. The Morgan fingerprint density at radius 1 is 1.12 bits per heavy atom. The first-order valence-electron chi connectivity index (χ1n) is 8.55. The van der Waals surface area contributed by atoms with E-state index in [1.54, 1.807) is 7.11 Å². The van der Waals surface area contributed by atoms with Crippen LogP contribution < -0.4 is 4.74 Å². The van der Waals surface area contributed by atoms with Gasteiger partial charge in [-0.15, -0.1) is 0 Å². The first-order chi connectivity index (χ1) is 11.8. The zero-order valence-electron chi connectivity index (χ0n) is 14.5. The lowest BCUT2D eigenvalue weighted by Crippen LogP contribution is -2.44. The van der Waals surface area contributed by atoms with E-state index in [4.69, 9.17) is 9.47 Å². The van der Waals surface area contributed by atoms with Crippen LogP contribution in [0, 0.1) is 5.92 Å². The van der Waals surface area contributed by atoms with Gasteiger partial charge in [0.05, 0.1) is 13.2 Å². The molecule has 0 unspecified atom stereocenters. The molecular formula is C20H26N2O2. The SMILES string of the molecule is COc1ccc(C[C@@H]2CN(Cc3cccnc3)CC[C@@H]2OC)cc1. The van der Waals surface area contributed by atoms with Crippen LogP contribution in [0.25, 0.3) is 0 Å². The third-order valence-electron chi connectivity index (χ3n) is 4.84. The molecule has 0 saturated carbocycles. The normalized spacial score (nSPS) is 21.6. The molecule has 2 heterocycles. The van der Waals surface area contributed by atoms with Gasteiger partial charge in [-0.1, -0.05) is 18.2 Å². The summed E-state index contributed by atoms with van der Waals surface area (Å²) >= 11 is 0. The molecule has 4 nitrogen and oxygen atoms in total. The molecule has 0 N–H and O–H groups in total. The van der Waals surface area contributed by atoms with Gasteiger partial charge in [-0.05, 0) is 42.2 Å². The van der Waals surface area contributed by atoms with Gasteiger partial charge in [0, 0.05) is 45.1 Å². The molecule has 24 heavy (non-hydrogen) atoms. The Balaban J connectivity index is 1.64.